The fourth-order valence-electron chi connectivity index (χ4n) is 9.96. The summed E-state index contributed by atoms with van der Waals surface area (Å²) in [7, 11) is 0. The van der Waals surface area contributed by atoms with Gasteiger partial charge in [-0.3, -0.25) is 0 Å². The van der Waals surface area contributed by atoms with Gasteiger partial charge in [-0.15, -0.1) is 45.3 Å². The van der Waals surface area contributed by atoms with Crippen LogP contribution in [0.3, 0.4) is 0 Å². The molecule has 0 spiro atoms. The van der Waals surface area contributed by atoms with Gasteiger partial charge in [-0.05, 0) is 126 Å². The zero-order valence-corrected chi connectivity index (χ0v) is 38.6. The van der Waals surface area contributed by atoms with Crippen molar-refractivity contribution in [3.63, 3.8) is 0 Å². The molecule has 0 fully saturated rings. The third-order valence-electron chi connectivity index (χ3n) is 13.0. The van der Waals surface area contributed by atoms with Gasteiger partial charge in [0.1, 0.15) is 0 Å². The number of hydrogen-bond acceptors (Lipinski definition) is 6. The summed E-state index contributed by atoms with van der Waals surface area (Å²) in [5, 5.41) is 10.3. The van der Waals surface area contributed by atoms with Crippen LogP contribution in [0.1, 0.15) is 0 Å². The molecule has 0 saturated carbocycles. The molecule has 0 aliphatic rings. The highest BCUT2D eigenvalue weighted by Gasteiger charge is 2.24. The Bertz CT molecular complexity index is 4200. The van der Waals surface area contributed by atoms with Gasteiger partial charge < -0.3 is 9.80 Å². The van der Waals surface area contributed by atoms with Crippen molar-refractivity contribution in [3.05, 3.63) is 218 Å². The van der Waals surface area contributed by atoms with Crippen LogP contribution in [0, 0.1) is 0 Å². The normalized spacial score (nSPS) is 11.9. The molecule has 4 heterocycles. The molecule has 66 heavy (non-hydrogen) atoms. The zero-order chi connectivity index (χ0) is 43.3. The molecule has 2 nitrogen and oxygen atoms in total. The maximum Gasteiger partial charge on any atom is 0.0661 e. The minimum Gasteiger partial charge on any atom is -0.310 e. The summed E-state index contributed by atoms with van der Waals surface area (Å²) in [4.78, 5) is 4.94. The van der Waals surface area contributed by atoms with Crippen LogP contribution in [0.2, 0.25) is 0 Å². The van der Waals surface area contributed by atoms with Crippen LogP contribution in [0.15, 0.2) is 218 Å². The summed E-state index contributed by atoms with van der Waals surface area (Å²) < 4.78 is 10.4. The van der Waals surface area contributed by atoms with Crippen molar-refractivity contribution in [1.82, 2.24) is 0 Å². The molecule has 10 aromatic carbocycles. The fourth-order valence-corrected chi connectivity index (χ4v) is 14.4. The van der Waals surface area contributed by atoms with Crippen LogP contribution in [-0.4, -0.2) is 0 Å². The number of benzene rings is 10. The summed E-state index contributed by atoms with van der Waals surface area (Å²) in [6.45, 7) is 0. The van der Waals surface area contributed by atoms with E-state index in [-0.39, 0.29) is 0 Å². The van der Waals surface area contributed by atoms with E-state index in [1.165, 1.54) is 91.8 Å². The van der Waals surface area contributed by atoms with Crippen molar-refractivity contribution in [3.8, 4) is 11.1 Å². The molecular formula is C60H36N2S4. The first-order valence-corrected chi connectivity index (χ1v) is 25.4. The van der Waals surface area contributed by atoms with E-state index in [0.29, 0.717) is 0 Å². The van der Waals surface area contributed by atoms with Gasteiger partial charge in [0.05, 0.1) is 10.4 Å². The molecule has 0 aliphatic heterocycles. The van der Waals surface area contributed by atoms with Crippen LogP contribution in [-0.2, 0) is 0 Å². The maximum atomic E-state index is 2.49. The van der Waals surface area contributed by atoms with Crippen LogP contribution >= 0.6 is 45.3 Å². The second kappa shape index (κ2) is 15.1. The Kier molecular flexibility index (Phi) is 8.71. The van der Waals surface area contributed by atoms with Crippen molar-refractivity contribution >= 4 is 160 Å². The predicted octanol–water partition coefficient (Wildman–Crippen LogP) is 19.8. The largest absolute Gasteiger partial charge is 0.310 e. The van der Waals surface area contributed by atoms with Crippen molar-refractivity contribution in [2.75, 3.05) is 9.80 Å². The lowest BCUT2D eigenvalue weighted by Gasteiger charge is -2.30. The Morgan fingerprint density at radius 1 is 0.227 bits per heavy atom. The molecule has 6 heteroatoms. The summed E-state index contributed by atoms with van der Waals surface area (Å²) in [5.41, 5.74) is 9.16. The van der Waals surface area contributed by atoms with Gasteiger partial charge >= 0.3 is 0 Å². The second-order valence-corrected chi connectivity index (χ2v) is 21.2. The lowest BCUT2D eigenvalue weighted by molar-refractivity contribution is 1.27. The van der Waals surface area contributed by atoms with Crippen LogP contribution in [0.4, 0.5) is 34.1 Å². The number of rotatable bonds is 7. The van der Waals surface area contributed by atoms with Gasteiger partial charge in [-0.25, -0.2) is 0 Å². The number of nitrogens with zero attached hydrogens (tertiary/aromatic N) is 2. The van der Waals surface area contributed by atoms with E-state index >= 15 is 0 Å². The number of hydrogen-bond donors (Lipinski definition) is 0. The van der Waals surface area contributed by atoms with Crippen molar-refractivity contribution in [1.29, 1.82) is 0 Å². The first kappa shape index (κ1) is 38.0. The number of thiophene rings is 4. The van der Waals surface area contributed by atoms with Crippen LogP contribution in [0.5, 0.6) is 0 Å². The molecule has 0 N–H and O–H groups in total. The zero-order valence-electron chi connectivity index (χ0n) is 35.3. The standard InChI is InChI=1S/C60H36N2S4/c1-3-13-39(14-4-1)61(41-25-29-57-49(33-41)45-18-8-11-21-54(45)64-57)43-35-51-48-32-38(37-23-27-56-47(31-37)44-17-7-10-20-53(44)63-56)24-28-59(48)66-60(51)52(36-43)62(40-15-5-2-6-16-40)42-26-30-58-50(34-42)46-19-9-12-22-55(46)65-58/h1-36H. The van der Waals surface area contributed by atoms with E-state index in [1.54, 1.807) is 0 Å². The fraction of sp³-hybridized carbons (Fsp3) is 0. The molecule has 4 aromatic heterocycles. The Labute approximate surface area is 396 Å². The summed E-state index contributed by atoms with van der Waals surface area (Å²) >= 11 is 7.48. The maximum absolute atomic E-state index is 2.49. The molecule has 0 unspecified atom stereocenters. The molecule has 14 aromatic rings. The predicted molar refractivity (Wildman–Crippen MR) is 293 cm³/mol. The molecule has 0 radical (unpaired) electrons. The van der Waals surface area contributed by atoms with Gasteiger partial charge in [0.25, 0.3) is 0 Å². The SMILES string of the molecule is c1ccc(N(c2ccc3sc4ccccc4c3c2)c2cc(N(c3ccccc3)c3ccc4sc5ccccc5c4c3)c3sc4ccc(-c5ccc6sc7ccccc7c6c5)cc4c3c2)cc1. The Morgan fingerprint density at radius 3 is 1.14 bits per heavy atom. The Hall–Kier alpha value is -7.32. The van der Waals surface area contributed by atoms with Crippen LogP contribution in [0.25, 0.3) is 91.8 Å². The van der Waals surface area contributed by atoms with E-state index in [9.17, 15) is 0 Å². The summed E-state index contributed by atoms with van der Waals surface area (Å²) in [6, 6.07) is 81.1. The third-order valence-corrected chi connectivity index (χ3v) is 17.7. The first-order chi connectivity index (χ1) is 32.7. The van der Waals surface area contributed by atoms with Gasteiger partial charge in [-0.2, -0.15) is 0 Å². The number of anilines is 6. The Balaban J connectivity index is 1.05. The molecule has 0 saturated heterocycles. The molecule has 14 rings (SSSR count). The van der Waals surface area contributed by atoms with Crippen molar-refractivity contribution < 1.29 is 0 Å². The number of para-hydroxylation sites is 2. The van der Waals surface area contributed by atoms with E-state index in [1.807, 2.05) is 45.3 Å². The van der Waals surface area contributed by atoms with Gasteiger partial charge in [-0.1, -0.05) is 103 Å². The van der Waals surface area contributed by atoms with Crippen LogP contribution < -0.4 is 9.80 Å². The molecule has 0 atom stereocenters. The smallest absolute Gasteiger partial charge is 0.0661 e. The highest BCUT2D eigenvalue weighted by Crippen LogP contribution is 2.51. The molecule has 0 amide bonds. The topological polar surface area (TPSA) is 6.48 Å². The van der Waals surface area contributed by atoms with E-state index < -0.39 is 0 Å². The summed E-state index contributed by atoms with van der Waals surface area (Å²) in [5.74, 6) is 0. The summed E-state index contributed by atoms with van der Waals surface area (Å²) in [6.07, 6.45) is 0. The first-order valence-electron chi connectivity index (χ1n) is 22.1. The second-order valence-electron chi connectivity index (χ2n) is 16.9. The lowest BCUT2D eigenvalue weighted by atomic mass is 10.00. The van der Waals surface area contributed by atoms with Gasteiger partial charge in [0.2, 0.25) is 0 Å². The van der Waals surface area contributed by atoms with Crippen molar-refractivity contribution in [2.45, 2.75) is 0 Å². The monoisotopic (exact) mass is 912 g/mol. The third kappa shape index (κ3) is 6.10. The highest BCUT2D eigenvalue weighted by molar-refractivity contribution is 7.27. The minimum absolute atomic E-state index is 1.10. The molecule has 0 bridgehead atoms. The minimum atomic E-state index is 1.10. The average molecular weight is 913 g/mol. The Morgan fingerprint density at radius 2 is 0.606 bits per heavy atom. The van der Waals surface area contributed by atoms with Crippen molar-refractivity contribution in [2.24, 2.45) is 0 Å². The highest BCUT2D eigenvalue weighted by atomic mass is 32.1. The molecule has 310 valence electrons. The van der Waals surface area contributed by atoms with E-state index in [0.717, 1.165) is 34.1 Å². The quantitative estimate of drug-likeness (QED) is 0.157. The van der Waals surface area contributed by atoms with E-state index in [2.05, 4.69) is 228 Å². The van der Waals surface area contributed by atoms with E-state index in [4.69, 9.17) is 0 Å². The average Bonchev–Trinajstić information content (AvgIpc) is 4.15. The molecule has 0 aliphatic carbocycles. The number of fused-ring (bicyclic) bond motifs is 12. The van der Waals surface area contributed by atoms with Gasteiger partial charge in [0, 0.05) is 104 Å². The molecular weight excluding hydrogens is 877 g/mol. The lowest BCUT2D eigenvalue weighted by Crippen LogP contribution is -2.13. The van der Waals surface area contributed by atoms with Gasteiger partial charge in [0.15, 0.2) is 0 Å².